The number of hydrogen-bond donors (Lipinski definition) is 2. The van der Waals surface area contributed by atoms with Crippen molar-refractivity contribution >= 4 is 33.2 Å². The first kappa shape index (κ1) is 24.6. The van der Waals surface area contributed by atoms with Crippen molar-refractivity contribution in [3.63, 3.8) is 0 Å². The second kappa shape index (κ2) is 10.1. The minimum Gasteiger partial charge on any atom is -0.326 e. The van der Waals surface area contributed by atoms with Gasteiger partial charge in [0.05, 0.1) is 11.4 Å². The summed E-state index contributed by atoms with van der Waals surface area (Å²) in [5, 5.41) is 5.52. The number of nitrogens with zero attached hydrogens (tertiary/aromatic N) is 1. The smallest absolute Gasteiger partial charge is 0.243 e. The first-order valence-corrected chi connectivity index (χ1v) is 11.6. The van der Waals surface area contributed by atoms with Crippen LogP contribution in [0.4, 0.5) is 11.4 Å². The Kier molecular flexibility index (Phi) is 7.97. The summed E-state index contributed by atoms with van der Waals surface area (Å²) in [7, 11) is -2.50. The van der Waals surface area contributed by atoms with Gasteiger partial charge in [-0.05, 0) is 47.2 Å². The standard InChI is InChI=1S/C23H31N3O4S/c1-15(2)20-8-7-9-21(16(3)4)23(20)25-22(28)14-26(6)31(29,30)19-12-10-18(11-13-19)24-17(5)27/h7-13,15-16H,14H2,1-6H3,(H,24,27)(H,25,28). The van der Waals surface area contributed by atoms with E-state index in [0.29, 0.717) is 5.69 Å². The summed E-state index contributed by atoms with van der Waals surface area (Å²) in [6, 6.07) is 11.7. The van der Waals surface area contributed by atoms with Crippen LogP contribution in [0.5, 0.6) is 0 Å². The van der Waals surface area contributed by atoms with Crippen LogP contribution in [-0.2, 0) is 19.6 Å². The van der Waals surface area contributed by atoms with Crippen LogP contribution in [0.15, 0.2) is 47.4 Å². The van der Waals surface area contributed by atoms with E-state index in [1.54, 1.807) is 0 Å². The Balaban J connectivity index is 2.20. The number of hydrogen-bond acceptors (Lipinski definition) is 4. The van der Waals surface area contributed by atoms with E-state index in [-0.39, 0.29) is 29.2 Å². The van der Waals surface area contributed by atoms with Gasteiger partial charge >= 0.3 is 0 Å². The van der Waals surface area contributed by atoms with Gasteiger partial charge in [0.1, 0.15) is 0 Å². The molecule has 0 spiro atoms. The summed E-state index contributed by atoms with van der Waals surface area (Å²) in [5.41, 5.74) is 3.28. The Morgan fingerprint density at radius 3 is 1.87 bits per heavy atom. The van der Waals surface area contributed by atoms with Gasteiger partial charge in [0.25, 0.3) is 0 Å². The van der Waals surface area contributed by atoms with E-state index in [2.05, 4.69) is 38.3 Å². The van der Waals surface area contributed by atoms with Crippen LogP contribution in [0.3, 0.4) is 0 Å². The van der Waals surface area contributed by atoms with E-state index < -0.39 is 15.9 Å². The lowest BCUT2D eigenvalue weighted by Crippen LogP contribution is -2.35. The van der Waals surface area contributed by atoms with E-state index in [9.17, 15) is 18.0 Å². The largest absolute Gasteiger partial charge is 0.326 e. The minimum atomic E-state index is -3.86. The fraction of sp³-hybridized carbons (Fsp3) is 0.391. The van der Waals surface area contributed by atoms with Crippen LogP contribution in [0.1, 0.15) is 57.6 Å². The van der Waals surface area contributed by atoms with Gasteiger partial charge in [-0.2, -0.15) is 4.31 Å². The quantitative estimate of drug-likeness (QED) is 0.638. The molecule has 0 unspecified atom stereocenters. The number of nitrogens with one attached hydrogen (secondary N) is 2. The van der Waals surface area contributed by atoms with Crippen molar-refractivity contribution in [3.05, 3.63) is 53.6 Å². The van der Waals surface area contributed by atoms with E-state index in [1.165, 1.54) is 38.2 Å². The lowest BCUT2D eigenvalue weighted by Gasteiger charge is -2.22. The number of carbonyl (C=O) groups excluding carboxylic acids is 2. The maximum atomic E-state index is 12.9. The molecule has 8 heteroatoms. The van der Waals surface area contributed by atoms with Crippen molar-refractivity contribution < 1.29 is 18.0 Å². The Morgan fingerprint density at radius 2 is 1.42 bits per heavy atom. The third-order valence-electron chi connectivity index (χ3n) is 4.89. The van der Waals surface area contributed by atoms with Crippen LogP contribution in [0.25, 0.3) is 0 Å². The van der Waals surface area contributed by atoms with E-state index in [0.717, 1.165) is 21.1 Å². The highest BCUT2D eigenvalue weighted by molar-refractivity contribution is 7.89. The predicted octanol–water partition coefficient (Wildman–Crippen LogP) is 4.15. The second-order valence-electron chi connectivity index (χ2n) is 8.14. The third kappa shape index (κ3) is 6.15. The lowest BCUT2D eigenvalue weighted by atomic mass is 9.92. The van der Waals surface area contributed by atoms with E-state index in [1.807, 2.05) is 18.2 Å². The van der Waals surface area contributed by atoms with Crippen LogP contribution in [0.2, 0.25) is 0 Å². The molecule has 0 saturated heterocycles. The molecule has 0 heterocycles. The van der Waals surface area contributed by atoms with Gasteiger partial charge in [0.15, 0.2) is 0 Å². The second-order valence-corrected chi connectivity index (χ2v) is 10.2. The molecule has 0 fully saturated rings. The van der Waals surface area contributed by atoms with E-state index in [4.69, 9.17) is 0 Å². The van der Waals surface area contributed by atoms with Crippen LogP contribution >= 0.6 is 0 Å². The third-order valence-corrected chi connectivity index (χ3v) is 6.70. The van der Waals surface area contributed by atoms with Crippen molar-refractivity contribution in [2.75, 3.05) is 24.2 Å². The fourth-order valence-electron chi connectivity index (χ4n) is 3.25. The van der Waals surface area contributed by atoms with Gasteiger partial charge in [0.2, 0.25) is 21.8 Å². The highest BCUT2D eigenvalue weighted by Crippen LogP contribution is 2.32. The van der Waals surface area contributed by atoms with Crippen molar-refractivity contribution in [3.8, 4) is 0 Å². The molecule has 0 saturated carbocycles. The van der Waals surface area contributed by atoms with Crippen molar-refractivity contribution in [2.45, 2.75) is 51.3 Å². The Morgan fingerprint density at radius 1 is 0.903 bits per heavy atom. The summed E-state index contributed by atoms with van der Waals surface area (Å²) >= 11 is 0. The number of para-hydroxylation sites is 1. The van der Waals surface area contributed by atoms with Gasteiger partial charge < -0.3 is 10.6 Å². The van der Waals surface area contributed by atoms with Crippen LogP contribution in [-0.4, -0.2) is 38.1 Å². The number of amides is 2. The Bertz CT molecular complexity index is 1020. The molecule has 0 aliphatic carbocycles. The number of benzene rings is 2. The van der Waals surface area contributed by atoms with Gasteiger partial charge in [-0.1, -0.05) is 45.9 Å². The van der Waals surface area contributed by atoms with Crippen LogP contribution in [0, 0.1) is 0 Å². The molecule has 31 heavy (non-hydrogen) atoms. The van der Waals surface area contributed by atoms with Gasteiger partial charge in [-0.15, -0.1) is 0 Å². The molecule has 2 aromatic rings. The van der Waals surface area contributed by atoms with Gasteiger partial charge in [0, 0.05) is 25.3 Å². The normalized spacial score (nSPS) is 11.8. The zero-order valence-electron chi connectivity index (χ0n) is 18.9. The zero-order chi connectivity index (χ0) is 23.3. The van der Waals surface area contributed by atoms with Crippen molar-refractivity contribution in [1.82, 2.24) is 4.31 Å². The molecule has 0 radical (unpaired) electrons. The topological polar surface area (TPSA) is 95.6 Å². The molecular formula is C23H31N3O4S. The van der Waals surface area contributed by atoms with Crippen molar-refractivity contribution in [2.24, 2.45) is 0 Å². The highest BCUT2D eigenvalue weighted by Gasteiger charge is 2.24. The molecule has 0 bridgehead atoms. The summed E-state index contributed by atoms with van der Waals surface area (Å²) in [6.45, 7) is 9.26. The molecule has 7 nitrogen and oxygen atoms in total. The predicted molar refractivity (Wildman–Crippen MR) is 124 cm³/mol. The molecule has 0 aliphatic rings. The number of carbonyl (C=O) groups is 2. The highest BCUT2D eigenvalue weighted by atomic mass is 32.2. The summed E-state index contributed by atoms with van der Waals surface area (Å²) < 4.78 is 26.7. The van der Waals surface area contributed by atoms with Gasteiger partial charge in [-0.25, -0.2) is 8.42 Å². The fourth-order valence-corrected chi connectivity index (χ4v) is 4.38. The molecule has 0 aromatic heterocycles. The maximum Gasteiger partial charge on any atom is 0.243 e. The molecule has 0 atom stereocenters. The SMILES string of the molecule is CC(=O)Nc1ccc(S(=O)(=O)N(C)CC(=O)Nc2c(C(C)C)cccc2C(C)C)cc1. The zero-order valence-corrected chi connectivity index (χ0v) is 19.7. The van der Waals surface area contributed by atoms with Crippen LogP contribution < -0.4 is 10.6 Å². The summed E-state index contributed by atoms with van der Waals surface area (Å²) in [5.74, 6) is -0.238. The molecule has 2 amide bonds. The maximum absolute atomic E-state index is 12.9. The van der Waals surface area contributed by atoms with E-state index >= 15 is 0 Å². The number of anilines is 2. The minimum absolute atomic E-state index is 0.0438. The molecule has 0 aliphatic heterocycles. The molecule has 168 valence electrons. The average molecular weight is 446 g/mol. The number of rotatable bonds is 8. The molecule has 2 N–H and O–H groups in total. The first-order chi connectivity index (χ1) is 14.4. The average Bonchev–Trinajstić information content (AvgIpc) is 2.67. The van der Waals surface area contributed by atoms with Gasteiger partial charge in [-0.3, -0.25) is 9.59 Å². The first-order valence-electron chi connectivity index (χ1n) is 10.2. The lowest BCUT2D eigenvalue weighted by molar-refractivity contribution is -0.116. The number of likely N-dealkylation sites (N-methyl/N-ethyl adjacent to an activating group) is 1. The monoisotopic (exact) mass is 445 g/mol. The molecular weight excluding hydrogens is 414 g/mol. The summed E-state index contributed by atoms with van der Waals surface area (Å²) in [4.78, 5) is 23.9. The summed E-state index contributed by atoms with van der Waals surface area (Å²) in [6.07, 6.45) is 0. The Hall–Kier alpha value is -2.71. The Labute approximate surface area is 184 Å². The van der Waals surface area contributed by atoms with Crippen molar-refractivity contribution in [1.29, 1.82) is 0 Å². The molecule has 2 rings (SSSR count). The number of sulfonamides is 1. The molecule has 2 aromatic carbocycles.